The monoisotopic (exact) mass is 301 g/mol. The summed E-state index contributed by atoms with van der Waals surface area (Å²) in [5, 5.41) is 13.1. The number of fused-ring (bicyclic) bond motifs is 1. The van der Waals surface area contributed by atoms with Crippen molar-refractivity contribution >= 4 is 22.2 Å². The number of nitrogens with one attached hydrogen (secondary N) is 1. The molecule has 0 bridgehead atoms. The Bertz CT molecular complexity index is 641. The van der Waals surface area contributed by atoms with E-state index in [4.69, 9.17) is 5.73 Å². The molecule has 2 aliphatic rings. The van der Waals surface area contributed by atoms with Crippen LogP contribution in [0.25, 0.3) is 0 Å². The molecule has 1 amide bonds. The third-order valence-corrected chi connectivity index (χ3v) is 5.48. The molecular weight excluding hydrogens is 282 g/mol. The molecule has 0 radical (unpaired) electrons. The summed E-state index contributed by atoms with van der Waals surface area (Å²) >= 11 is 1.57. The first kappa shape index (κ1) is 14.3. The molecule has 0 saturated carbocycles. The van der Waals surface area contributed by atoms with Gasteiger partial charge in [-0.05, 0) is 37.2 Å². The summed E-state index contributed by atoms with van der Waals surface area (Å²) in [5.74, 6) is 0.425. The number of amides is 1. The lowest BCUT2D eigenvalue weighted by molar-refractivity contribution is -0.118. The van der Waals surface area contributed by atoms with Gasteiger partial charge in [-0.1, -0.05) is 19.1 Å². The molecule has 0 aromatic carbocycles. The van der Waals surface area contributed by atoms with E-state index in [9.17, 15) is 10.1 Å². The van der Waals surface area contributed by atoms with Crippen LogP contribution in [0.4, 0.5) is 5.00 Å². The first-order chi connectivity index (χ1) is 10.1. The topological polar surface area (TPSA) is 78.9 Å². The fourth-order valence-corrected chi connectivity index (χ4v) is 4.45. The molecule has 2 aliphatic carbocycles. The zero-order chi connectivity index (χ0) is 15.0. The summed E-state index contributed by atoms with van der Waals surface area (Å²) < 4.78 is 0. The first-order valence-corrected chi connectivity index (χ1v) is 8.19. The Hall–Kier alpha value is -1.64. The van der Waals surface area contributed by atoms with E-state index < -0.39 is 0 Å². The van der Waals surface area contributed by atoms with Gasteiger partial charge in [-0.25, -0.2) is 0 Å². The second kappa shape index (κ2) is 5.63. The summed E-state index contributed by atoms with van der Waals surface area (Å²) in [6.07, 6.45) is 7.46. The maximum Gasteiger partial charge on any atom is 0.232 e. The van der Waals surface area contributed by atoms with Gasteiger partial charge in [-0.15, -0.1) is 11.3 Å². The Balaban J connectivity index is 1.81. The van der Waals surface area contributed by atoms with Crippen molar-refractivity contribution in [1.82, 2.24) is 0 Å². The molecule has 4 nitrogen and oxygen atoms in total. The molecule has 1 aromatic rings. The van der Waals surface area contributed by atoms with Gasteiger partial charge in [0.25, 0.3) is 0 Å². The molecule has 3 rings (SSSR count). The fourth-order valence-electron chi connectivity index (χ4n) is 3.08. The molecule has 1 heterocycles. The van der Waals surface area contributed by atoms with Crippen molar-refractivity contribution < 1.29 is 4.79 Å². The maximum atomic E-state index is 12.3. The van der Waals surface area contributed by atoms with Crippen LogP contribution in [-0.4, -0.2) is 11.9 Å². The van der Waals surface area contributed by atoms with E-state index in [1.807, 2.05) is 12.2 Å². The van der Waals surface area contributed by atoms with E-state index in [-0.39, 0.29) is 17.9 Å². The maximum absolute atomic E-state index is 12.3. The minimum Gasteiger partial charge on any atom is -0.324 e. The number of hydrogen-bond acceptors (Lipinski definition) is 4. The number of thiophene rings is 1. The molecule has 21 heavy (non-hydrogen) atoms. The normalized spacial score (nSPS) is 27.2. The summed E-state index contributed by atoms with van der Waals surface area (Å²) in [6, 6.07) is 2.24. The van der Waals surface area contributed by atoms with Gasteiger partial charge in [0.05, 0.1) is 11.5 Å². The van der Waals surface area contributed by atoms with Crippen LogP contribution in [0.1, 0.15) is 35.8 Å². The van der Waals surface area contributed by atoms with E-state index in [0.29, 0.717) is 17.9 Å². The highest BCUT2D eigenvalue weighted by Crippen LogP contribution is 2.39. The average Bonchev–Trinajstić information content (AvgIpc) is 3.01. The second-order valence-corrected chi connectivity index (χ2v) is 7.15. The molecule has 5 heteroatoms. The minimum absolute atomic E-state index is 0.0337. The van der Waals surface area contributed by atoms with Crippen LogP contribution in [-0.2, 0) is 17.6 Å². The zero-order valence-electron chi connectivity index (χ0n) is 12.1. The van der Waals surface area contributed by atoms with E-state index >= 15 is 0 Å². The van der Waals surface area contributed by atoms with Gasteiger partial charge in [0, 0.05) is 10.9 Å². The Labute approximate surface area is 128 Å². The van der Waals surface area contributed by atoms with Gasteiger partial charge in [0.15, 0.2) is 0 Å². The fraction of sp³-hybridized carbons (Fsp3) is 0.500. The number of anilines is 1. The van der Waals surface area contributed by atoms with Crippen LogP contribution in [0.3, 0.4) is 0 Å². The number of hydrogen-bond donors (Lipinski definition) is 2. The number of carbonyl (C=O) groups excluding carboxylic acids is 1. The Morgan fingerprint density at radius 1 is 1.52 bits per heavy atom. The smallest absolute Gasteiger partial charge is 0.232 e. The third kappa shape index (κ3) is 2.74. The molecule has 0 spiro atoms. The number of carbonyl (C=O) groups is 1. The van der Waals surface area contributed by atoms with Gasteiger partial charge in [-0.3, -0.25) is 4.79 Å². The van der Waals surface area contributed by atoms with Gasteiger partial charge in [-0.2, -0.15) is 5.26 Å². The van der Waals surface area contributed by atoms with Crippen molar-refractivity contribution in [2.75, 3.05) is 5.32 Å². The van der Waals surface area contributed by atoms with Crippen molar-refractivity contribution in [3.63, 3.8) is 0 Å². The van der Waals surface area contributed by atoms with Crippen molar-refractivity contribution in [3.8, 4) is 6.07 Å². The van der Waals surface area contributed by atoms with E-state index in [2.05, 4.69) is 18.3 Å². The van der Waals surface area contributed by atoms with Crippen LogP contribution in [0.15, 0.2) is 12.2 Å². The summed E-state index contributed by atoms with van der Waals surface area (Å²) in [5.41, 5.74) is 7.61. The van der Waals surface area contributed by atoms with Crippen LogP contribution in [0.5, 0.6) is 0 Å². The lowest BCUT2D eigenvalue weighted by Gasteiger charge is -2.17. The predicted molar refractivity (Wildman–Crippen MR) is 84.1 cm³/mol. The lowest BCUT2D eigenvalue weighted by atomic mass is 9.88. The van der Waals surface area contributed by atoms with E-state index in [0.717, 1.165) is 29.8 Å². The third-order valence-electron chi connectivity index (χ3n) is 4.31. The molecule has 0 saturated heterocycles. The highest BCUT2D eigenvalue weighted by Gasteiger charge is 2.27. The van der Waals surface area contributed by atoms with Gasteiger partial charge in [0.2, 0.25) is 5.91 Å². The van der Waals surface area contributed by atoms with Crippen molar-refractivity contribution in [2.45, 2.75) is 38.6 Å². The largest absolute Gasteiger partial charge is 0.324 e. The summed E-state index contributed by atoms with van der Waals surface area (Å²) in [4.78, 5) is 13.5. The standard InChI is InChI=1S/C16H19N3OS/c1-9-2-5-12-13(8-17)16(21-14(12)6-9)19-15(20)10-3-4-11(18)7-10/h3-4,9-11H,2,5-7,18H2,1H3,(H,19,20). The van der Waals surface area contributed by atoms with Gasteiger partial charge in [0.1, 0.15) is 11.1 Å². The summed E-state index contributed by atoms with van der Waals surface area (Å²) in [6.45, 7) is 2.23. The molecular formula is C16H19N3OS. The van der Waals surface area contributed by atoms with E-state index in [1.165, 1.54) is 4.88 Å². The number of nitrogens with zero attached hydrogens (tertiary/aromatic N) is 1. The molecule has 3 N–H and O–H groups in total. The Kier molecular flexibility index (Phi) is 3.83. The zero-order valence-corrected chi connectivity index (χ0v) is 12.9. The lowest BCUT2D eigenvalue weighted by Crippen LogP contribution is -2.23. The van der Waals surface area contributed by atoms with Crippen LogP contribution in [0.2, 0.25) is 0 Å². The molecule has 1 aromatic heterocycles. The second-order valence-electron chi connectivity index (χ2n) is 6.05. The first-order valence-electron chi connectivity index (χ1n) is 7.38. The number of rotatable bonds is 2. The van der Waals surface area contributed by atoms with Gasteiger partial charge >= 0.3 is 0 Å². The average molecular weight is 301 g/mol. The quantitative estimate of drug-likeness (QED) is 0.824. The molecule has 0 fully saturated rings. The minimum atomic E-state index is -0.176. The van der Waals surface area contributed by atoms with Crippen molar-refractivity contribution in [1.29, 1.82) is 5.26 Å². The molecule has 0 aliphatic heterocycles. The molecule has 3 unspecified atom stereocenters. The van der Waals surface area contributed by atoms with E-state index in [1.54, 1.807) is 11.3 Å². The van der Waals surface area contributed by atoms with Crippen molar-refractivity contribution in [3.05, 3.63) is 28.2 Å². The predicted octanol–water partition coefficient (Wildman–Crippen LogP) is 2.59. The highest BCUT2D eigenvalue weighted by molar-refractivity contribution is 7.16. The van der Waals surface area contributed by atoms with Crippen LogP contribution in [0, 0.1) is 23.2 Å². The Morgan fingerprint density at radius 3 is 3.00 bits per heavy atom. The van der Waals surface area contributed by atoms with Crippen molar-refractivity contribution in [2.24, 2.45) is 17.6 Å². The highest BCUT2D eigenvalue weighted by atomic mass is 32.1. The van der Waals surface area contributed by atoms with Crippen LogP contribution < -0.4 is 11.1 Å². The summed E-state index contributed by atoms with van der Waals surface area (Å²) in [7, 11) is 0. The van der Waals surface area contributed by atoms with Gasteiger partial charge < -0.3 is 11.1 Å². The number of nitriles is 1. The number of nitrogens with two attached hydrogens (primary N) is 1. The molecule has 3 atom stereocenters. The Morgan fingerprint density at radius 2 is 2.33 bits per heavy atom. The van der Waals surface area contributed by atoms with Crippen LogP contribution >= 0.6 is 11.3 Å². The SMILES string of the molecule is CC1CCc2c(sc(NC(=O)C3C=CC(N)C3)c2C#N)C1. The molecule has 110 valence electrons.